The Kier molecular flexibility index (Phi) is 3.47. The number of fused-ring (bicyclic) bond motifs is 1. The van der Waals surface area contributed by atoms with Crippen LogP contribution < -0.4 is 5.73 Å². The molecule has 3 rings (SSSR count). The monoisotopic (exact) mass is 301 g/mol. The zero-order chi connectivity index (χ0) is 14.3. The fraction of sp³-hybridized carbons (Fsp3) is 0.750. The van der Waals surface area contributed by atoms with E-state index in [1.807, 2.05) is 0 Å². The van der Waals surface area contributed by atoms with Crippen molar-refractivity contribution in [1.82, 2.24) is 9.46 Å². The smallest absolute Gasteiger partial charge is 0.250 e. The van der Waals surface area contributed by atoms with Crippen LogP contribution >= 0.6 is 0 Å². The van der Waals surface area contributed by atoms with Crippen molar-refractivity contribution in [3.05, 3.63) is 5.76 Å². The lowest BCUT2D eigenvalue weighted by atomic mass is 10.2. The molecule has 1 aliphatic heterocycles. The molecule has 20 heavy (non-hydrogen) atoms. The van der Waals surface area contributed by atoms with Crippen molar-refractivity contribution in [2.24, 2.45) is 0 Å². The molecule has 0 radical (unpaired) electrons. The van der Waals surface area contributed by atoms with Gasteiger partial charge in [0, 0.05) is 13.2 Å². The Bertz CT molecular complexity index is 578. The number of rotatable bonds is 2. The van der Waals surface area contributed by atoms with Gasteiger partial charge in [0.05, 0.1) is 12.1 Å². The number of nitrogen functional groups attached to an aromatic ring is 1. The molecule has 1 saturated carbocycles. The van der Waals surface area contributed by atoms with E-state index in [1.54, 1.807) is 6.92 Å². The number of anilines is 1. The molecule has 0 unspecified atom stereocenters. The first kappa shape index (κ1) is 13.8. The van der Waals surface area contributed by atoms with Gasteiger partial charge in [-0.05, 0) is 32.6 Å². The summed E-state index contributed by atoms with van der Waals surface area (Å²) in [7, 11) is -3.69. The number of aromatic nitrogens is 1. The van der Waals surface area contributed by atoms with Crippen LogP contribution in [0, 0.1) is 6.92 Å². The van der Waals surface area contributed by atoms with Gasteiger partial charge >= 0.3 is 0 Å². The number of aryl methyl sites for hydroxylation is 1. The highest BCUT2D eigenvalue weighted by Crippen LogP contribution is 2.35. The lowest BCUT2D eigenvalue weighted by Gasteiger charge is -2.28. The maximum absolute atomic E-state index is 12.9. The topological polar surface area (TPSA) is 98.7 Å². The van der Waals surface area contributed by atoms with Crippen molar-refractivity contribution in [1.29, 1.82) is 0 Å². The number of hydrogen-bond acceptors (Lipinski definition) is 6. The quantitative estimate of drug-likeness (QED) is 0.871. The van der Waals surface area contributed by atoms with Crippen molar-refractivity contribution in [2.75, 3.05) is 18.9 Å². The minimum atomic E-state index is -3.69. The van der Waals surface area contributed by atoms with Gasteiger partial charge in [0.15, 0.2) is 16.5 Å². The molecule has 2 heterocycles. The molecule has 0 spiro atoms. The van der Waals surface area contributed by atoms with Crippen LogP contribution in [0.4, 0.5) is 5.82 Å². The average Bonchev–Trinajstić information content (AvgIpc) is 2.91. The van der Waals surface area contributed by atoms with Crippen LogP contribution in [0.1, 0.15) is 31.4 Å². The Morgan fingerprint density at radius 1 is 1.35 bits per heavy atom. The summed E-state index contributed by atoms with van der Waals surface area (Å²) in [5.41, 5.74) is 5.67. The maximum Gasteiger partial charge on any atom is 0.250 e. The molecule has 1 aromatic heterocycles. The second-order valence-corrected chi connectivity index (χ2v) is 7.16. The molecular weight excluding hydrogens is 282 g/mol. The fourth-order valence-electron chi connectivity index (χ4n) is 3.16. The van der Waals surface area contributed by atoms with Crippen molar-refractivity contribution in [3.63, 3.8) is 0 Å². The summed E-state index contributed by atoms with van der Waals surface area (Å²) in [6.45, 7) is 2.62. The van der Waals surface area contributed by atoms with E-state index in [0.29, 0.717) is 19.6 Å². The summed E-state index contributed by atoms with van der Waals surface area (Å²) in [5, 5.41) is 3.55. The molecule has 0 bridgehead atoms. The number of nitrogens with two attached hydrogens (primary N) is 1. The molecule has 2 fully saturated rings. The molecule has 2 atom stereocenters. The minimum Gasteiger partial charge on any atom is -0.380 e. The first-order chi connectivity index (χ1) is 9.51. The second-order valence-electron chi connectivity index (χ2n) is 5.33. The number of hydrogen-bond donors (Lipinski definition) is 1. The van der Waals surface area contributed by atoms with Crippen molar-refractivity contribution in [3.8, 4) is 0 Å². The van der Waals surface area contributed by atoms with Crippen molar-refractivity contribution in [2.45, 2.75) is 49.6 Å². The third kappa shape index (κ3) is 2.11. The largest absolute Gasteiger partial charge is 0.380 e. The summed E-state index contributed by atoms with van der Waals surface area (Å²) >= 11 is 0. The fourth-order valence-corrected chi connectivity index (χ4v) is 5.07. The highest BCUT2D eigenvalue weighted by atomic mass is 32.2. The van der Waals surface area contributed by atoms with Crippen LogP contribution in [0.25, 0.3) is 0 Å². The Morgan fingerprint density at radius 2 is 2.15 bits per heavy atom. The molecule has 2 aliphatic rings. The first-order valence-corrected chi connectivity index (χ1v) is 8.31. The first-order valence-electron chi connectivity index (χ1n) is 6.87. The summed E-state index contributed by atoms with van der Waals surface area (Å²) in [5.74, 6) is 0.171. The summed E-state index contributed by atoms with van der Waals surface area (Å²) in [6.07, 6.45) is 3.41. The van der Waals surface area contributed by atoms with Gasteiger partial charge in [0.25, 0.3) is 10.0 Å². The predicted octanol–water partition coefficient (Wildman–Crippen LogP) is 0.897. The van der Waals surface area contributed by atoms with E-state index in [2.05, 4.69) is 5.16 Å². The molecule has 112 valence electrons. The van der Waals surface area contributed by atoms with E-state index in [1.165, 1.54) is 4.31 Å². The SMILES string of the molecule is Cc1onc(N)c1S(=O)(=O)N1CCCO[C@@H]2CCC[C@H]21. The van der Waals surface area contributed by atoms with Gasteiger partial charge in [-0.3, -0.25) is 0 Å². The third-order valence-corrected chi connectivity index (χ3v) is 6.13. The van der Waals surface area contributed by atoms with E-state index < -0.39 is 10.0 Å². The summed E-state index contributed by atoms with van der Waals surface area (Å²) in [4.78, 5) is 0.00468. The number of ether oxygens (including phenoxy) is 1. The summed E-state index contributed by atoms with van der Waals surface area (Å²) < 4.78 is 37.9. The van der Waals surface area contributed by atoms with Crippen LogP contribution in [-0.2, 0) is 14.8 Å². The van der Waals surface area contributed by atoms with E-state index in [-0.39, 0.29) is 28.6 Å². The lowest BCUT2D eigenvalue weighted by molar-refractivity contribution is 0.0467. The molecule has 0 aromatic carbocycles. The molecule has 0 amide bonds. The van der Waals surface area contributed by atoms with Crippen molar-refractivity contribution < 1.29 is 17.7 Å². The normalized spacial score (nSPS) is 28.2. The zero-order valence-corrected chi connectivity index (χ0v) is 12.2. The van der Waals surface area contributed by atoms with Crippen molar-refractivity contribution >= 4 is 15.8 Å². The Labute approximate surface area is 118 Å². The maximum atomic E-state index is 12.9. The van der Waals surface area contributed by atoms with Gasteiger partial charge < -0.3 is 15.0 Å². The van der Waals surface area contributed by atoms with Crippen LogP contribution in [0.15, 0.2) is 9.42 Å². The molecule has 2 N–H and O–H groups in total. The number of nitrogens with zero attached hydrogens (tertiary/aromatic N) is 2. The van der Waals surface area contributed by atoms with Gasteiger partial charge in [-0.2, -0.15) is 4.31 Å². The van der Waals surface area contributed by atoms with Gasteiger partial charge in [0.1, 0.15) is 0 Å². The lowest BCUT2D eigenvalue weighted by Crippen LogP contribution is -2.44. The van der Waals surface area contributed by atoms with Gasteiger partial charge in [0.2, 0.25) is 0 Å². The van der Waals surface area contributed by atoms with Gasteiger partial charge in [-0.1, -0.05) is 5.16 Å². The zero-order valence-electron chi connectivity index (χ0n) is 11.4. The van der Waals surface area contributed by atoms with E-state index in [9.17, 15) is 8.42 Å². The van der Waals surface area contributed by atoms with Crippen LogP contribution in [-0.4, -0.2) is 43.2 Å². The highest BCUT2D eigenvalue weighted by molar-refractivity contribution is 7.89. The van der Waals surface area contributed by atoms with E-state index in [4.69, 9.17) is 15.0 Å². The van der Waals surface area contributed by atoms with E-state index >= 15 is 0 Å². The molecule has 1 aromatic rings. The predicted molar refractivity (Wildman–Crippen MR) is 71.5 cm³/mol. The average molecular weight is 301 g/mol. The molecule has 1 aliphatic carbocycles. The highest BCUT2D eigenvalue weighted by Gasteiger charge is 2.42. The van der Waals surface area contributed by atoms with Crippen LogP contribution in [0.2, 0.25) is 0 Å². The number of sulfonamides is 1. The Morgan fingerprint density at radius 3 is 2.85 bits per heavy atom. The van der Waals surface area contributed by atoms with Crippen LogP contribution in [0.5, 0.6) is 0 Å². The molecule has 1 saturated heterocycles. The third-order valence-electron chi connectivity index (χ3n) is 4.04. The standard InChI is InChI=1S/C12H19N3O4S/c1-8-11(12(13)14-19-8)20(16,17)15-6-3-7-18-10-5-2-4-9(10)15/h9-10H,2-7H2,1H3,(H2,13,14)/t9-,10-/m1/s1. The molecular formula is C12H19N3O4S. The second kappa shape index (κ2) is 5.01. The van der Waals surface area contributed by atoms with Gasteiger partial charge in [-0.15, -0.1) is 0 Å². The van der Waals surface area contributed by atoms with E-state index in [0.717, 1.165) is 19.3 Å². The Balaban J connectivity index is 2.01. The summed E-state index contributed by atoms with van der Waals surface area (Å²) in [6, 6.07) is -0.101. The van der Waals surface area contributed by atoms with Crippen LogP contribution in [0.3, 0.4) is 0 Å². The minimum absolute atomic E-state index is 0.00468. The molecule has 7 nitrogen and oxygen atoms in total. The Hall–Kier alpha value is -1.12. The molecule has 8 heteroatoms. The van der Waals surface area contributed by atoms with Gasteiger partial charge in [-0.25, -0.2) is 8.42 Å².